The number of Topliss-reactive ketones (excluding diaryl/α,β-unsaturated/α-hetero) is 1. The summed E-state index contributed by atoms with van der Waals surface area (Å²) in [5.74, 6) is 0.824. The van der Waals surface area contributed by atoms with Crippen molar-refractivity contribution in [1.82, 2.24) is 4.98 Å². The molecule has 2 aromatic carbocycles. The van der Waals surface area contributed by atoms with Crippen molar-refractivity contribution in [3.8, 4) is 16.9 Å². The summed E-state index contributed by atoms with van der Waals surface area (Å²) < 4.78 is 5.56. The van der Waals surface area contributed by atoms with Crippen molar-refractivity contribution in [2.45, 2.75) is 26.2 Å². The van der Waals surface area contributed by atoms with Crippen LogP contribution in [0.15, 0.2) is 67.0 Å². The molecule has 0 aliphatic carbocycles. The van der Waals surface area contributed by atoms with Crippen LogP contribution in [0, 0.1) is 0 Å². The molecule has 0 fully saturated rings. The number of amides is 1. The van der Waals surface area contributed by atoms with Gasteiger partial charge in [-0.2, -0.15) is 0 Å². The summed E-state index contributed by atoms with van der Waals surface area (Å²) in [6.45, 7) is 1.84. The minimum Gasteiger partial charge on any atom is -0.496 e. The van der Waals surface area contributed by atoms with Crippen molar-refractivity contribution in [3.63, 3.8) is 0 Å². The van der Waals surface area contributed by atoms with E-state index >= 15 is 0 Å². The van der Waals surface area contributed by atoms with Crippen molar-refractivity contribution in [2.24, 2.45) is 0 Å². The zero-order valence-electron chi connectivity index (χ0n) is 17.6. The number of pyridine rings is 1. The molecular weight excluding hydrogens is 376 g/mol. The van der Waals surface area contributed by atoms with Crippen molar-refractivity contribution < 1.29 is 14.3 Å². The maximum Gasteiger partial charge on any atom is 0.226 e. The monoisotopic (exact) mass is 402 g/mol. The van der Waals surface area contributed by atoms with Gasteiger partial charge in [0.2, 0.25) is 5.91 Å². The van der Waals surface area contributed by atoms with Gasteiger partial charge in [0, 0.05) is 55.2 Å². The summed E-state index contributed by atoms with van der Waals surface area (Å²) in [4.78, 5) is 30.2. The molecule has 3 aromatic rings. The van der Waals surface area contributed by atoms with Crippen molar-refractivity contribution in [1.29, 1.82) is 0 Å². The molecular formula is C25H26N2O3. The van der Waals surface area contributed by atoms with Crippen LogP contribution in [0.2, 0.25) is 0 Å². The van der Waals surface area contributed by atoms with Gasteiger partial charge < -0.3 is 9.64 Å². The average Bonchev–Trinajstić information content (AvgIpc) is 2.81. The number of hydrogen-bond donors (Lipinski definition) is 0. The van der Waals surface area contributed by atoms with Crippen molar-refractivity contribution in [2.75, 3.05) is 19.1 Å². The molecule has 0 saturated heterocycles. The van der Waals surface area contributed by atoms with Crippen LogP contribution in [0.4, 0.5) is 5.69 Å². The van der Waals surface area contributed by atoms with E-state index in [1.165, 1.54) is 0 Å². The summed E-state index contributed by atoms with van der Waals surface area (Å²) in [7, 11) is 3.37. The number of ketones is 1. The predicted molar refractivity (Wildman–Crippen MR) is 119 cm³/mol. The van der Waals surface area contributed by atoms with Crippen LogP contribution < -0.4 is 9.64 Å². The van der Waals surface area contributed by atoms with Gasteiger partial charge in [-0.3, -0.25) is 14.6 Å². The molecule has 0 spiro atoms. The number of ether oxygens (including phenoxy) is 1. The lowest BCUT2D eigenvalue weighted by atomic mass is 9.99. The van der Waals surface area contributed by atoms with E-state index in [1.807, 2.05) is 61.5 Å². The third-order valence-electron chi connectivity index (χ3n) is 5.13. The molecule has 0 unspecified atom stereocenters. The fourth-order valence-corrected chi connectivity index (χ4v) is 3.29. The highest BCUT2D eigenvalue weighted by atomic mass is 16.5. The Bertz CT molecular complexity index is 1010. The highest BCUT2D eigenvalue weighted by Crippen LogP contribution is 2.33. The first kappa shape index (κ1) is 21.2. The quantitative estimate of drug-likeness (QED) is 0.501. The van der Waals surface area contributed by atoms with Gasteiger partial charge in [-0.25, -0.2) is 0 Å². The summed E-state index contributed by atoms with van der Waals surface area (Å²) in [6.07, 6.45) is 5.08. The Labute approximate surface area is 177 Å². The minimum atomic E-state index is 0.0407. The zero-order chi connectivity index (χ0) is 21.5. The Kier molecular flexibility index (Phi) is 6.96. The van der Waals surface area contributed by atoms with Crippen LogP contribution in [-0.2, 0) is 11.2 Å². The zero-order valence-corrected chi connectivity index (χ0v) is 17.6. The lowest BCUT2D eigenvalue weighted by Gasteiger charge is -2.19. The Morgan fingerprint density at radius 2 is 1.83 bits per heavy atom. The van der Waals surface area contributed by atoms with Crippen LogP contribution in [0.5, 0.6) is 5.75 Å². The second kappa shape index (κ2) is 9.83. The van der Waals surface area contributed by atoms with Crippen LogP contribution in [0.25, 0.3) is 11.1 Å². The number of carbonyl (C=O) groups is 2. The van der Waals surface area contributed by atoms with Gasteiger partial charge >= 0.3 is 0 Å². The molecule has 0 N–H and O–H groups in total. The van der Waals surface area contributed by atoms with E-state index in [0.29, 0.717) is 30.6 Å². The van der Waals surface area contributed by atoms with E-state index in [9.17, 15) is 9.59 Å². The van der Waals surface area contributed by atoms with Crippen molar-refractivity contribution in [3.05, 3.63) is 78.1 Å². The lowest BCUT2D eigenvalue weighted by molar-refractivity contribution is -0.118. The molecule has 1 heterocycles. The van der Waals surface area contributed by atoms with Gasteiger partial charge in [0.25, 0.3) is 0 Å². The molecule has 0 bridgehead atoms. The lowest BCUT2D eigenvalue weighted by Crippen LogP contribution is -2.25. The largest absolute Gasteiger partial charge is 0.496 e. The first-order valence-electron chi connectivity index (χ1n) is 10.0. The van der Waals surface area contributed by atoms with Crippen LogP contribution in [0.1, 0.15) is 35.7 Å². The normalized spacial score (nSPS) is 10.5. The molecule has 30 heavy (non-hydrogen) atoms. The molecule has 5 nitrogen and oxygen atoms in total. The van der Waals surface area contributed by atoms with Gasteiger partial charge in [0.1, 0.15) is 5.75 Å². The Morgan fingerprint density at radius 3 is 2.47 bits per heavy atom. The number of hydrogen-bond acceptors (Lipinski definition) is 4. The number of aromatic nitrogens is 1. The molecule has 0 saturated carbocycles. The minimum absolute atomic E-state index is 0.0407. The molecule has 0 atom stereocenters. The summed E-state index contributed by atoms with van der Waals surface area (Å²) in [6, 6.07) is 17.1. The highest BCUT2D eigenvalue weighted by Gasteiger charge is 2.14. The van der Waals surface area contributed by atoms with E-state index < -0.39 is 0 Å². The standard InChI is InChI=1S/C25H26N2O3/c1-4-25(29)27(2)21-12-13-22(24(16-21)30-3)19-8-10-20(11-9-19)23(28)14-7-18-6-5-15-26-17-18/h5-6,8-13,15-17H,4,7,14H2,1-3H3. The number of nitrogens with zero attached hydrogens (tertiary/aromatic N) is 2. The highest BCUT2D eigenvalue weighted by molar-refractivity contribution is 5.97. The molecule has 0 aliphatic heterocycles. The summed E-state index contributed by atoms with van der Waals surface area (Å²) in [5, 5.41) is 0. The van der Waals surface area contributed by atoms with E-state index in [-0.39, 0.29) is 11.7 Å². The number of rotatable bonds is 8. The predicted octanol–water partition coefficient (Wildman–Crippen LogP) is 4.95. The molecule has 154 valence electrons. The van der Waals surface area contributed by atoms with E-state index in [2.05, 4.69) is 4.98 Å². The van der Waals surface area contributed by atoms with Gasteiger partial charge in [-0.1, -0.05) is 37.3 Å². The second-order valence-electron chi connectivity index (χ2n) is 7.05. The smallest absolute Gasteiger partial charge is 0.226 e. The first-order chi connectivity index (χ1) is 14.5. The van der Waals surface area contributed by atoms with E-state index in [4.69, 9.17) is 4.74 Å². The topological polar surface area (TPSA) is 59.5 Å². The molecule has 3 rings (SSSR count). The number of benzene rings is 2. The Balaban J connectivity index is 1.75. The van der Waals surface area contributed by atoms with Crippen LogP contribution in [-0.4, -0.2) is 30.8 Å². The SMILES string of the molecule is CCC(=O)N(C)c1ccc(-c2ccc(C(=O)CCc3cccnc3)cc2)c(OC)c1. The van der Waals surface area contributed by atoms with Crippen LogP contribution in [0.3, 0.4) is 0 Å². The fraction of sp³-hybridized carbons (Fsp3) is 0.240. The number of aryl methyl sites for hydroxylation is 1. The molecule has 1 amide bonds. The van der Waals surface area contributed by atoms with Crippen LogP contribution >= 0.6 is 0 Å². The Hall–Kier alpha value is -3.47. The average molecular weight is 402 g/mol. The Morgan fingerprint density at radius 1 is 1.07 bits per heavy atom. The molecule has 0 radical (unpaired) electrons. The maximum atomic E-state index is 12.5. The van der Waals surface area contributed by atoms with Gasteiger partial charge in [-0.05, 0) is 35.7 Å². The van der Waals surface area contributed by atoms with Crippen molar-refractivity contribution >= 4 is 17.4 Å². The number of carbonyl (C=O) groups excluding carboxylic acids is 2. The molecule has 5 heteroatoms. The maximum absolute atomic E-state index is 12.5. The first-order valence-corrected chi connectivity index (χ1v) is 10.0. The number of methoxy groups -OCH3 is 1. The molecule has 0 aliphatic rings. The summed E-state index contributed by atoms with van der Waals surface area (Å²) in [5.41, 5.74) is 4.38. The molecule has 1 aromatic heterocycles. The number of anilines is 1. The van der Waals surface area contributed by atoms with E-state index in [0.717, 1.165) is 22.4 Å². The third-order valence-corrected chi connectivity index (χ3v) is 5.13. The van der Waals surface area contributed by atoms with Gasteiger partial charge in [0.05, 0.1) is 7.11 Å². The van der Waals surface area contributed by atoms with Gasteiger partial charge in [0.15, 0.2) is 5.78 Å². The van der Waals surface area contributed by atoms with Gasteiger partial charge in [-0.15, -0.1) is 0 Å². The summed E-state index contributed by atoms with van der Waals surface area (Å²) >= 11 is 0. The van der Waals surface area contributed by atoms with E-state index in [1.54, 1.807) is 31.5 Å². The third kappa shape index (κ3) is 4.92. The second-order valence-corrected chi connectivity index (χ2v) is 7.05. The fourth-order valence-electron chi connectivity index (χ4n) is 3.29.